The van der Waals surface area contributed by atoms with E-state index in [-0.39, 0.29) is 11.1 Å². The first-order chi connectivity index (χ1) is 11.4. The van der Waals surface area contributed by atoms with Crippen molar-refractivity contribution >= 4 is 56.4 Å². The van der Waals surface area contributed by atoms with Gasteiger partial charge in [0.2, 0.25) is 5.95 Å². The normalized spacial score (nSPS) is 10.9. The second-order valence-corrected chi connectivity index (χ2v) is 6.14. The lowest BCUT2D eigenvalue weighted by Gasteiger charge is -2.16. The van der Waals surface area contributed by atoms with E-state index in [0.717, 1.165) is 6.07 Å². The molecular weight excluding hydrogens is 401 g/mol. The summed E-state index contributed by atoms with van der Waals surface area (Å²) >= 11 is 9.60. The van der Waals surface area contributed by atoms with E-state index in [1.165, 1.54) is 13.2 Å². The van der Waals surface area contributed by atoms with Gasteiger partial charge in [0, 0.05) is 7.05 Å². The summed E-state index contributed by atoms with van der Waals surface area (Å²) in [6.07, 6.45) is 0. The Kier molecular flexibility index (Phi) is 4.47. The smallest absolute Gasteiger partial charge is 0.338 e. The molecule has 2 aromatic carbocycles. The van der Waals surface area contributed by atoms with Crippen molar-refractivity contribution in [2.24, 2.45) is 7.05 Å². The molecule has 0 spiro atoms. The first-order valence-corrected chi connectivity index (χ1v) is 7.97. The van der Waals surface area contributed by atoms with Gasteiger partial charge in [-0.15, -0.1) is 0 Å². The van der Waals surface area contributed by atoms with Crippen molar-refractivity contribution in [1.82, 2.24) is 9.55 Å². The molecule has 5 nitrogen and oxygen atoms in total. The van der Waals surface area contributed by atoms with Crippen molar-refractivity contribution < 1.29 is 13.9 Å². The van der Waals surface area contributed by atoms with Gasteiger partial charge in [-0.2, -0.15) is 0 Å². The van der Waals surface area contributed by atoms with Gasteiger partial charge in [0.05, 0.1) is 45.0 Å². The number of rotatable bonds is 3. The van der Waals surface area contributed by atoms with Crippen LogP contribution >= 0.6 is 27.7 Å². The number of anilines is 2. The van der Waals surface area contributed by atoms with E-state index in [4.69, 9.17) is 11.6 Å². The lowest BCUT2D eigenvalue weighted by molar-refractivity contribution is 0.0600. The Hall–Kier alpha value is -2.12. The van der Waals surface area contributed by atoms with Crippen LogP contribution in [-0.4, -0.2) is 22.6 Å². The Morgan fingerprint density at radius 1 is 1.38 bits per heavy atom. The molecular formula is C16H12BrClFN3O2. The molecule has 0 aliphatic carbocycles. The third-order valence-corrected chi connectivity index (χ3v) is 4.58. The predicted molar refractivity (Wildman–Crippen MR) is 94.5 cm³/mol. The number of hydrogen-bond acceptors (Lipinski definition) is 4. The maximum absolute atomic E-state index is 14.4. The number of benzene rings is 2. The fourth-order valence-corrected chi connectivity index (χ4v) is 3.36. The molecule has 3 aromatic rings. The summed E-state index contributed by atoms with van der Waals surface area (Å²) in [6.45, 7) is 0. The standard InChI is InChI=1S/C16H12BrClFN3O2/c1-21-14-11(19)7-9(15(23)24-2)8-12(14)20-16(21)22(17)13-6-4-3-5-10(13)18/h3-8H,1-2H3. The Morgan fingerprint density at radius 2 is 2.08 bits per heavy atom. The van der Waals surface area contributed by atoms with Gasteiger partial charge in [-0.3, -0.25) is 0 Å². The summed E-state index contributed by atoms with van der Waals surface area (Å²) < 4.78 is 22.2. The fraction of sp³-hybridized carbons (Fsp3) is 0.125. The highest BCUT2D eigenvalue weighted by atomic mass is 79.9. The van der Waals surface area contributed by atoms with Crippen LogP contribution < -0.4 is 3.93 Å². The highest BCUT2D eigenvalue weighted by molar-refractivity contribution is 9.10. The van der Waals surface area contributed by atoms with Crippen molar-refractivity contribution in [2.75, 3.05) is 11.0 Å². The molecule has 1 heterocycles. The summed E-state index contributed by atoms with van der Waals surface area (Å²) in [6, 6.07) is 9.79. The van der Waals surface area contributed by atoms with Crippen molar-refractivity contribution in [3.8, 4) is 0 Å². The number of hydrogen-bond donors (Lipinski definition) is 0. The summed E-state index contributed by atoms with van der Waals surface area (Å²) in [5, 5.41) is 0.511. The number of halogens is 3. The number of nitrogens with zero attached hydrogens (tertiary/aromatic N) is 3. The molecule has 0 atom stereocenters. The fourth-order valence-electron chi connectivity index (χ4n) is 2.41. The van der Waals surface area contributed by atoms with Crippen LogP contribution in [0.25, 0.3) is 11.0 Å². The molecule has 0 saturated carbocycles. The van der Waals surface area contributed by atoms with Gasteiger partial charge in [-0.1, -0.05) is 23.7 Å². The van der Waals surface area contributed by atoms with Crippen molar-refractivity contribution in [1.29, 1.82) is 0 Å². The first-order valence-electron chi connectivity index (χ1n) is 6.88. The van der Waals surface area contributed by atoms with Crippen molar-refractivity contribution in [2.45, 2.75) is 0 Å². The molecule has 0 bridgehead atoms. The first kappa shape index (κ1) is 16.7. The van der Waals surface area contributed by atoms with Gasteiger partial charge >= 0.3 is 5.97 Å². The Bertz CT molecular complexity index is 944. The number of carbonyl (C=O) groups excluding carboxylic acids is 1. The lowest BCUT2D eigenvalue weighted by Crippen LogP contribution is -2.08. The second kappa shape index (κ2) is 6.41. The minimum Gasteiger partial charge on any atom is -0.465 e. The van der Waals surface area contributed by atoms with Crippen LogP contribution in [0.2, 0.25) is 5.02 Å². The van der Waals surface area contributed by atoms with E-state index in [1.54, 1.807) is 27.7 Å². The molecule has 3 rings (SSSR count). The van der Waals surface area contributed by atoms with Crippen LogP contribution in [0.5, 0.6) is 0 Å². The Labute approximate surface area is 150 Å². The van der Waals surface area contributed by atoms with E-state index >= 15 is 0 Å². The van der Waals surface area contributed by atoms with Gasteiger partial charge in [0.15, 0.2) is 0 Å². The number of esters is 1. The topological polar surface area (TPSA) is 47.4 Å². The number of ether oxygens (including phenoxy) is 1. The van der Waals surface area contributed by atoms with Gasteiger partial charge in [-0.25, -0.2) is 18.1 Å². The van der Waals surface area contributed by atoms with Crippen LogP contribution in [0.1, 0.15) is 10.4 Å². The average molecular weight is 413 g/mol. The molecule has 0 amide bonds. The van der Waals surface area contributed by atoms with Crippen LogP contribution in [0.4, 0.5) is 16.0 Å². The molecule has 0 saturated heterocycles. The van der Waals surface area contributed by atoms with E-state index in [0.29, 0.717) is 22.2 Å². The molecule has 1 aromatic heterocycles. The van der Waals surface area contributed by atoms with Crippen LogP contribution in [0, 0.1) is 5.82 Å². The zero-order valence-electron chi connectivity index (χ0n) is 12.8. The maximum Gasteiger partial charge on any atom is 0.338 e. The van der Waals surface area contributed by atoms with E-state index in [2.05, 4.69) is 25.9 Å². The zero-order valence-corrected chi connectivity index (χ0v) is 15.1. The summed E-state index contributed by atoms with van der Waals surface area (Å²) in [4.78, 5) is 16.0. The van der Waals surface area contributed by atoms with Crippen LogP contribution in [0.3, 0.4) is 0 Å². The highest BCUT2D eigenvalue weighted by Gasteiger charge is 2.21. The molecule has 0 aliphatic rings. The number of fused-ring (bicyclic) bond motifs is 1. The quantitative estimate of drug-likeness (QED) is 0.466. The SMILES string of the molecule is COC(=O)c1cc(F)c2c(c1)nc(N(Br)c1ccccc1Cl)n2C. The molecule has 0 N–H and O–H groups in total. The summed E-state index contributed by atoms with van der Waals surface area (Å²) in [7, 11) is 2.92. The monoisotopic (exact) mass is 411 g/mol. The molecule has 0 radical (unpaired) electrons. The number of aryl methyl sites for hydroxylation is 1. The van der Waals surface area contributed by atoms with Gasteiger partial charge in [0.1, 0.15) is 11.3 Å². The number of imidazole rings is 1. The largest absolute Gasteiger partial charge is 0.465 e. The number of methoxy groups -OCH3 is 1. The average Bonchev–Trinajstić information content (AvgIpc) is 2.91. The number of para-hydroxylation sites is 1. The molecule has 124 valence electrons. The molecule has 0 aliphatic heterocycles. The highest BCUT2D eigenvalue weighted by Crippen LogP contribution is 2.35. The van der Waals surface area contributed by atoms with Gasteiger partial charge in [-0.05, 0) is 24.3 Å². The number of aromatic nitrogens is 2. The third kappa shape index (κ3) is 2.74. The van der Waals surface area contributed by atoms with E-state index in [9.17, 15) is 9.18 Å². The minimum absolute atomic E-state index is 0.103. The van der Waals surface area contributed by atoms with Crippen LogP contribution in [0.15, 0.2) is 36.4 Å². The predicted octanol–water partition coefficient (Wildman–Crippen LogP) is 4.60. The molecule has 0 fully saturated rings. The van der Waals surface area contributed by atoms with Crippen molar-refractivity contribution in [3.63, 3.8) is 0 Å². The summed E-state index contributed by atoms with van der Waals surface area (Å²) in [5.74, 6) is -0.766. The molecule has 8 heteroatoms. The summed E-state index contributed by atoms with van der Waals surface area (Å²) in [5.41, 5.74) is 1.37. The third-order valence-electron chi connectivity index (χ3n) is 3.56. The second-order valence-electron chi connectivity index (χ2n) is 5.02. The van der Waals surface area contributed by atoms with Gasteiger partial charge in [0.25, 0.3) is 0 Å². The number of carbonyl (C=O) groups is 1. The lowest BCUT2D eigenvalue weighted by atomic mass is 10.2. The van der Waals surface area contributed by atoms with Crippen LogP contribution in [-0.2, 0) is 11.8 Å². The van der Waals surface area contributed by atoms with E-state index < -0.39 is 11.8 Å². The molecule has 0 unspecified atom stereocenters. The van der Waals surface area contributed by atoms with E-state index in [1.807, 2.05) is 12.1 Å². The Balaban J connectivity index is 2.16. The molecule has 24 heavy (non-hydrogen) atoms. The van der Waals surface area contributed by atoms with Crippen molar-refractivity contribution in [3.05, 3.63) is 52.8 Å². The minimum atomic E-state index is -0.621. The zero-order chi connectivity index (χ0) is 17.4. The maximum atomic E-state index is 14.4. The van der Waals surface area contributed by atoms with Gasteiger partial charge < -0.3 is 9.30 Å². The Morgan fingerprint density at radius 3 is 2.75 bits per heavy atom.